The second-order valence-electron chi connectivity index (χ2n) is 4.73. The van der Waals surface area contributed by atoms with E-state index in [4.69, 9.17) is 0 Å². The Morgan fingerprint density at radius 1 is 1.35 bits per heavy atom. The lowest BCUT2D eigenvalue weighted by molar-refractivity contribution is 0.0951. The molecule has 0 saturated heterocycles. The van der Waals surface area contributed by atoms with E-state index in [2.05, 4.69) is 25.5 Å². The molecule has 0 aliphatic rings. The third kappa shape index (κ3) is 2.16. The number of aromatic amines is 2. The molecule has 2 heterocycles. The van der Waals surface area contributed by atoms with Crippen LogP contribution in [-0.4, -0.2) is 26.1 Å². The Bertz CT molecular complexity index is 751. The number of hydrogen-bond donors (Lipinski definition) is 3. The van der Waals surface area contributed by atoms with E-state index in [1.165, 1.54) is 0 Å². The predicted molar refractivity (Wildman–Crippen MR) is 75.3 cm³/mol. The summed E-state index contributed by atoms with van der Waals surface area (Å²) in [4.78, 5) is 19.3. The van der Waals surface area contributed by atoms with Crippen molar-refractivity contribution in [2.45, 2.75) is 20.4 Å². The van der Waals surface area contributed by atoms with Crippen LogP contribution in [0.15, 0.2) is 24.5 Å². The third-order valence-corrected chi connectivity index (χ3v) is 3.39. The number of carbonyl (C=O) groups is 1. The van der Waals surface area contributed by atoms with Crippen LogP contribution in [-0.2, 0) is 6.54 Å². The molecule has 0 fully saturated rings. The smallest absolute Gasteiger partial charge is 0.251 e. The van der Waals surface area contributed by atoms with Crippen molar-refractivity contribution in [3.63, 3.8) is 0 Å². The Hall–Kier alpha value is -2.63. The van der Waals surface area contributed by atoms with Gasteiger partial charge in [0.1, 0.15) is 0 Å². The summed E-state index contributed by atoms with van der Waals surface area (Å²) in [5.74, 6) is -0.110. The van der Waals surface area contributed by atoms with Crippen molar-refractivity contribution < 1.29 is 4.79 Å². The molecule has 6 nitrogen and oxygen atoms in total. The molecule has 6 heteroatoms. The topological polar surface area (TPSA) is 86.5 Å². The van der Waals surface area contributed by atoms with Crippen molar-refractivity contribution in [2.24, 2.45) is 0 Å². The number of hydrogen-bond acceptors (Lipinski definition) is 3. The van der Waals surface area contributed by atoms with E-state index in [-0.39, 0.29) is 5.91 Å². The standard InChI is InChI=1S/C14H15N5O/c1-8-11(9(2)19-18-8)6-15-14(20)10-3-4-12-13(5-10)17-7-16-12/h3-5,7H,6H2,1-2H3,(H,15,20)(H,16,17)(H,18,19). The normalized spacial score (nSPS) is 10.9. The second-order valence-corrected chi connectivity index (χ2v) is 4.73. The molecule has 0 bridgehead atoms. The average molecular weight is 269 g/mol. The summed E-state index contributed by atoms with van der Waals surface area (Å²) in [5.41, 5.74) is 5.23. The molecular weight excluding hydrogens is 254 g/mol. The number of fused-ring (bicyclic) bond motifs is 1. The van der Waals surface area contributed by atoms with E-state index in [0.29, 0.717) is 12.1 Å². The largest absolute Gasteiger partial charge is 0.348 e. The lowest BCUT2D eigenvalue weighted by Gasteiger charge is -2.05. The van der Waals surface area contributed by atoms with Crippen molar-refractivity contribution in [3.8, 4) is 0 Å². The summed E-state index contributed by atoms with van der Waals surface area (Å²) < 4.78 is 0. The number of benzene rings is 1. The average Bonchev–Trinajstić information content (AvgIpc) is 3.03. The molecule has 1 amide bonds. The molecule has 0 unspecified atom stereocenters. The molecule has 20 heavy (non-hydrogen) atoms. The predicted octanol–water partition coefficient (Wildman–Crippen LogP) is 1.83. The Morgan fingerprint density at radius 3 is 2.95 bits per heavy atom. The van der Waals surface area contributed by atoms with Gasteiger partial charge in [0.05, 0.1) is 23.1 Å². The fourth-order valence-electron chi connectivity index (χ4n) is 2.18. The SMILES string of the molecule is Cc1n[nH]c(C)c1CNC(=O)c1ccc2nc[nH]c2c1. The summed E-state index contributed by atoms with van der Waals surface area (Å²) >= 11 is 0. The second kappa shape index (κ2) is 4.80. The Labute approximate surface area is 115 Å². The van der Waals surface area contributed by atoms with Gasteiger partial charge < -0.3 is 10.3 Å². The Kier molecular flexibility index (Phi) is 2.98. The van der Waals surface area contributed by atoms with E-state index >= 15 is 0 Å². The van der Waals surface area contributed by atoms with E-state index in [0.717, 1.165) is 28.0 Å². The van der Waals surface area contributed by atoms with Crippen molar-refractivity contribution in [3.05, 3.63) is 47.0 Å². The molecule has 0 radical (unpaired) electrons. The van der Waals surface area contributed by atoms with Gasteiger partial charge in [0.15, 0.2) is 0 Å². The molecule has 0 aliphatic carbocycles. The first kappa shape index (κ1) is 12.4. The maximum absolute atomic E-state index is 12.2. The van der Waals surface area contributed by atoms with Crippen LogP contribution in [0.1, 0.15) is 27.3 Å². The zero-order valence-corrected chi connectivity index (χ0v) is 11.3. The number of H-pyrrole nitrogens is 2. The molecule has 0 aliphatic heterocycles. The molecule has 102 valence electrons. The van der Waals surface area contributed by atoms with Gasteiger partial charge in [-0.1, -0.05) is 0 Å². The fraction of sp³-hybridized carbons (Fsp3) is 0.214. The van der Waals surface area contributed by atoms with E-state index in [1.54, 1.807) is 18.5 Å². The van der Waals surface area contributed by atoms with Crippen LogP contribution in [0.25, 0.3) is 11.0 Å². The number of nitrogens with zero attached hydrogens (tertiary/aromatic N) is 2. The summed E-state index contributed by atoms with van der Waals surface area (Å²) in [6.45, 7) is 4.33. The van der Waals surface area contributed by atoms with Crippen LogP contribution in [0.3, 0.4) is 0 Å². The summed E-state index contributed by atoms with van der Waals surface area (Å²) in [6.07, 6.45) is 1.62. The maximum Gasteiger partial charge on any atom is 0.251 e. The minimum Gasteiger partial charge on any atom is -0.348 e. The fourth-order valence-corrected chi connectivity index (χ4v) is 2.18. The van der Waals surface area contributed by atoms with Gasteiger partial charge in [-0.05, 0) is 32.0 Å². The van der Waals surface area contributed by atoms with Gasteiger partial charge >= 0.3 is 0 Å². The molecule has 0 atom stereocenters. The van der Waals surface area contributed by atoms with Gasteiger partial charge in [0.2, 0.25) is 0 Å². The number of aryl methyl sites for hydroxylation is 2. The first-order valence-electron chi connectivity index (χ1n) is 6.37. The molecular formula is C14H15N5O. The number of carbonyl (C=O) groups excluding carboxylic acids is 1. The molecule has 3 N–H and O–H groups in total. The highest BCUT2D eigenvalue weighted by Gasteiger charge is 2.10. The van der Waals surface area contributed by atoms with E-state index in [1.807, 2.05) is 19.9 Å². The van der Waals surface area contributed by atoms with Crippen LogP contribution in [0.5, 0.6) is 0 Å². The minimum atomic E-state index is -0.110. The molecule has 2 aromatic heterocycles. The van der Waals surface area contributed by atoms with Crippen molar-refractivity contribution in [1.29, 1.82) is 0 Å². The van der Waals surface area contributed by atoms with E-state index in [9.17, 15) is 4.79 Å². The Morgan fingerprint density at radius 2 is 2.20 bits per heavy atom. The van der Waals surface area contributed by atoms with Crippen molar-refractivity contribution in [1.82, 2.24) is 25.5 Å². The zero-order valence-electron chi connectivity index (χ0n) is 11.3. The van der Waals surface area contributed by atoms with Crippen LogP contribution >= 0.6 is 0 Å². The lowest BCUT2D eigenvalue weighted by Crippen LogP contribution is -2.23. The molecule has 0 spiro atoms. The highest BCUT2D eigenvalue weighted by molar-refractivity contribution is 5.97. The summed E-state index contributed by atoms with van der Waals surface area (Å²) in [5, 5.41) is 9.92. The van der Waals surface area contributed by atoms with Gasteiger partial charge in [0.25, 0.3) is 5.91 Å². The van der Waals surface area contributed by atoms with Gasteiger partial charge in [0, 0.05) is 23.4 Å². The molecule has 3 rings (SSSR count). The van der Waals surface area contributed by atoms with Crippen molar-refractivity contribution in [2.75, 3.05) is 0 Å². The number of amides is 1. The quantitative estimate of drug-likeness (QED) is 0.678. The van der Waals surface area contributed by atoms with Gasteiger partial charge in [-0.3, -0.25) is 9.89 Å². The minimum absolute atomic E-state index is 0.110. The summed E-state index contributed by atoms with van der Waals surface area (Å²) in [7, 11) is 0. The van der Waals surface area contributed by atoms with Crippen molar-refractivity contribution >= 4 is 16.9 Å². The first-order valence-corrected chi connectivity index (χ1v) is 6.37. The van der Waals surface area contributed by atoms with Crippen LogP contribution in [0, 0.1) is 13.8 Å². The lowest BCUT2D eigenvalue weighted by atomic mass is 10.1. The van der Waals surface area contributed by atoms with Crippen LogP contribution in [0.4, 0.5) is 0 Å². The zero-order chi connectivity index (χ0) is 14.1. The number of imidazole rings is 1. The van der Waals surface area contributed by atoms with Gasteiger partial charge in [-0.25, -0.2) is 4.98 Å². The molecule has 0 saturated carbocycles. The molecule has 1 aromatic carbocycles. The highest BCUT2D eigenvalue weighted by Crippen LogP contribution is 2.12. The number of rotatable bonds is 3. The van der Waals surface area contributed by atoms with Crippen LogP contribution < -0.4 is 5.32 Å². The Balaban J connectivity index is 1.76. The maximum atomic E-state index is 12.2. The monoisotopic (exact) mass is 269 g/mol. The first-order chi connectivity index (χ1) is 9.65. The summed E-state index contributed by atoms with van der Waals surface area (Å²) in [6, 6.07) is 5.40. The van der Waals surface area contributed by atoms with Gasteiger partial charge in [-0.2, -0.15) is 5.10 Å². The highest BCUT2D eigenvalue weighted by atomic mass is 16.1. The number of nitrogens with one attached hydrogen (secondary N) is 3. The van der Waals surface area contributed by atoms with Crippen LogP contribution in [0.2, 0.25) is 0 Å². The van der Waals surface area contributed by atoms with Gasteiger partial charge in [-0.15, -0.1) is 0 Å². The third-order valence-electron chi connectivity index (χ3n) is 3.39. The molecule has 3 aromatic rings. The number of aromatic nitrogens is 4. The van der Waals surface area contributed by atoms with E-state index < -0.39 is 0 Å².